The Morgan fingerprint density at radius 2 is 1.68 bits per heavy atom. The Balaban J connectivity index is 2.87. The van der Waals surface area contributed by atoms with Crippen molar-refractivity contribution in [2.24, 2.45) is 0 Å². The molecule has 1 aromatic heterocycles. The van der Waals surface area contributed by atoms with Gasteiger partial charge in [-0.25, -0.2) is 0 Å². The number of nitrogens with one attached hydrogen (secondary N) is 1. The summed E-state index contributed by atoms with van der Waals surface area (Å²) in [5, 5.41) is 8.37. The second kappa shape index (κ2) is 6.04. The molecule has 0 fully saturated rings. The molecule has 1 rings (SSSR count). The van der Waals surface area contributed by atoms with Gasteiger partial charge in [0.1, 0.15) is 10.0 Å². The number of likely N-dealkylation sites (N-methyl/N-ethyl adjacent to an activating group) is 1. The Hall–Kier alpha value is -0.900. The van der Waals surface area contributed by atoms with Crippen LogP contribution in [0.25, 0.3) is 0 Å². The molecule has 110 valence electrons. The number of rotatable bonds is 5. The highest BCUT2D eigenvalue weighted by molar-refractivity contribution is 7.11. The Bertz CT molecular complexity index is 385. The van der Waals surface area contributed by atoms with E-state index in [0.717, 1.165) is 0 Å². The molecule has 1 N–H and O–H groups in total. The number of aromatic nitrogens is 2. The summed E-state index contributed by atoms with van der Waals surface area (Å²) in [7, 11) is 0. The Morgan fingerprint density at radius 1 is 1.11 bits per heavy atom. The SMILES string of the molecule is CCNCCc1nnc(C(C(F)(F)F)C(F)(F)F)s1. The van der Waals surface area contributed by atoms with Gasteiger partial charge in [0.25, 0.3) is 0 Å². The third-order valence-corrected chi connectivity index (χ3v) is 3.20. The van der Waals surface area contributed by atoms with Gasteiger partial charge in [0.2, 0.25) is 5.92 Å². The molecule has 3 nitrogen and oxygen atoms in total. The van der Waals surface area contributed by atoms with Crippen LogP contribution < -0.4 is 5.32 Å². The van der Waals surface area contributed by atoms with Crippen LogP contribution in [-0.2, 0) is 6.42 Å². The summed E-state index contributed by atoms with van der Waals surface area (Å²) in [4.78, 5) is 0. The molecule has 0 unspecified atom stereocenters. The number of halogens is 6. The maximum absolute atomic E-state index is 12.4. The molecule has 0 spiro atoms. The molecule has 0 saturated carbocycles. The minimum atomic E-state index is -5.42. The number of hydrogen-bond donors (Lipinski definition) is 1. The van der Waals surface area contributed by atoms with E-state index in [0.29, 0.717) is 24.4 Å². The summed E-state index contributed by atoms with van der Waals surface area (Å²) in [5.41, 5.74) is 0. The van der Waals surface area contributed by atoms with Crippen LogP contribution in [0, 0.1) is 0 Å². The number of hydrogen-bond acceptors (Lipinski definition) is 4. The molecule has 0 aromatic carbocycles. The molecular formula is C9H11F6N3S. The van der Waals surface area contributed by atoms with Crippen molar-refractivity contribution < 1.29 is 26.3 Å². The zero-order valence-corrected chi connectivity index (χ0v) is 10.6. The van der Waals surface area contributed by atoms with Gasteiger partial charge in [-0.2, -0.15) is 26.3 Å². The maximum atomic E-state index is 12.4. The Morgan fingerprint density at radius 3 is 2.16 bits per heavy atom. The fourth-order valence-corrected chi connectivity index (χ4v) is 2.32. The molecule has 0 amide bonds. The van der Waals surface area contributed by atoms with Crippen LogP contribution >= 0.6 is 11.3 Å². The van der Waals surface area contributed by atoms with Crippen molar-refractivity contribution in [1.82, 2.24) is 15.5 Å². The molecule has 0 aliphatic carbocycles. The van der Waals surface area contributed by atoms with Gasteiger partial charge >= 0.3 is 12.4 Å². The summed E-state index contributed by atoms with van der Waals surface area (Å²) in [5.74, 6) is -3.56. The van der Waals surface area contributed by atoms with Gasteiger partial charge < -0.3 is 5.32 Å². The van der Waals surface area contributed by atoms with Gasteiger partial charge in [-0.05, 0) is 6.54 Å². The predicted octanol–water partition coefficient (Wildman–Crippen LogP) is 2.90. The fourth-order valence-electron chi connectivity index (χ4n) is 1.32. The normalized spacial score (nSPS) is 13.3. The second-order valence-electron chi connectivity index (χ2n) is 3.65. The molecule has 0 saturated heterocycles. The third kappa shape index (κ3) is 4.60. The van der Waals surface area contributed by atoms with Crippen molar-refractivity contribution in [1.29, 1.82) is 0 Å². The third-order valence-electron chi connectivity index (χ3n) is 2.15. The van der Waals surface area contributed by atoms with E-state index in [1.54, 1.807) is 0 Å². The highest BCUT2D eigenvalue weighted by Gasteiger charge is 2.59. The van der Waals surface area contributed by atoms with Gasteiger partial charge in [0.15, 0.2) is 0 Å². The van der Waals surface area contributed by atoms with E-state index >= 15 is 0 Å². The summed E-state index contributed by atoms with van der Waals surface area (Å²) < 4.78 is 74.5. The molecule has 10 heteroatoms. The van der Waals surface area contributed by atoms with E-state index in [1.165, 1.54) is 0 Å². The fraction of sp³-hybridized carbons (Fsp3) is 0.778. The van der Waals surface area contributed by atoms with Crippen molar-refractivity contribution in [2.45, 2.75) is 31.6 Å². The van der Waals surface area contributed by atoms with E-state index in [2.05, 4.69) is 15.5 Å². The lowest BCUT2D eigenvalue weighted by molar-refractivity contribution is -0.253. The van der Waals surface area contributed by atoms with Crippen molar-refractivity contribution in [3.05, 3.63) is 10.0 Å². The van der Waals surface area contributed by atoms with E-state index < -0.39 is 23.3 Å². The predicted molar refractivity (Wildman–Crippen MR) is 57.0 cm³/mol. The van der Waals surface area contributed by atoms with E-state index in [-0.39, 0.29) is 11.4 Å². The molecule has 0 atom stereocenters. The summed E-state index contributed by atoms with van der Waals surface area (Å²) in [6.45, 7) is 2.90. The van der Waals surface area contributed by atoms with E-state index in [4.69, 9.17) is 0 Å². The average Bonchev–Trinajstić information content (AvgIpc) is 2.62. The van der Waals surface area contributed by atoms with Crippen molar-refractivity contribution in [3.8, 4) is 0 Å². The second-order valence-corrected chi connectivity index (χ2v) is 4.75. The zero-order valence-electron chi connectivity index (χ0n) is 9.77. The van der Waals surface area contributed by atoms with Gasteiger partial charge in [0, 0.05) is 13.0 Å². The first-order valence-electron chi connectivity index (χ1n) is 5.32. The van der Waals surface area contributed by atoms with Crippen LogP contribution in [0.4, 0.5) is 26.3 Å². The van der Waals surface area contributed by atoms with Crippen LogP contribution in [0.1, 0.15) is 22.9 Å². The molecule has 0 radical (unpaired) electrons. The van der Waals surface area contributed by atoms with E-state index in [1.807, 2.05) is 6.92 Å². The lowest BCUT2D eigenvalue weighted by Gasteiger charge is -2.20. The number of alkyl halides is 6. The highest BCUT2D eigenvalue weighted by atomic mass is 32.1. The molecule has 19 heavy (non-hydrogen) atoms. The maximum Gasteiger partial charge on any atom is 0.406 e. The molecule has 1 heterocycles. The Labute approximate surface area is 109 Å². The van der Waals surface area contributed by atoms with E-state index in [9.17, 15) is 26.3 Å². The van der Waals surface area contributed by atoms with Crippen LogP contribution in [0.5, 0.6) is 0 Å². The smallest absolute Gasteiger partial charge is 0.317 e. The average molecular weight is 307 g/mol. The van der Waals surface area contributed by atoms with Crippen molar-refractivity contribution >= 4 is 11.3 Å². The summed E-state index contributed by atoms with van der Waals surface area (Å²) in [6, 6.07) is 0. The first kappa shape index (κ1) is 16.2. The van der Waals surface area contributed by atoms with Crippen LogP contribution in [0.15, 0.2) is 0 Å². The minimum absolute atomic E-state index is 0.148. The van der Waals surface area contributed by atoms with Crippen molar-refractivity contribution in [2.75, 3.05) is 13.1 Å². The standard InChI is InChI=1S/C9H11F6N3S/c1-2-16-4-3-5-17-18-7(19-5)6(8(10,11)12)9(13,14)15/h6,16H,2-4H2,1H3. The molecule has 0 aliphatic rings. The number of nitrogens with zero attached hydrogens (tertiary/aromatic N) is 2. The van der Waals surface area contributed by atoms with Crippen LogP contribution in [0.3, 0.4) is 0 Å². The summed E-state index contributed by atoms with van der Waals surface area (Å²) in [6.07, 6.45) is -10.6. The van der Waals surface area contributed by atoms with Gasteiger partial charge in [-0.3, -0.25) is 0 Å². The van der Waals surface area contributed by atoms with Gasteiger partial charge in [-0.1, -0.05) is 6.92 Å². The molecule has 1 aromatic rings. The zero-order chi connectivity index (χ0) is 14.7. The lowest BCUT2D eigenvalue weighted by Crippen LogP contribution is -2.34. The highest BCUT2D eigenvalue weighted by Crippen LogP contribution is 2.46. The van der Waals surface area contributed by atoms with Crippen molar-refractivity contribution in [3.63, 3.8) is 0 Å². The first-order valence-corrected chi connectivity index (χ1v) is 6.14. The lowest BCUT2D eigenvalue weighted by atomic mass is 10.1. The minimum Gasteiger partial charge on any atom is -0.317 e. The Kier molecular flexibility index (Phi) is 5.13. The molecule has 0 bridgehead atoms. The monoisotopic (exact) mass is 307 g/mol. The van der Waals surface area contributed by atoms with Gasteiger partial charge in [-0.15, -0.1) is 21.5 Å². The topological polar surface area (TPSA) is 37.8 Å². The molecular weight excluding hydrogens is 296 g/mol. The first-order chi connectivity index (χ1) is 8.66. The quantitative estimate of drug-likeness (QED) is 0.671. The largest absolute Gasteiger partial charge is 0.406 e. The van der Waals surface area contributed by atoms with Gasteiger partial charge in [0.05, 0.1) is 0 Å². The molecule has 0 aliphatic heterocycles. The van der Waals surface area contributed by atoms with Crippen LogP contribution in [0.2, 0.25) is 0 Å². The summed E-state index contributed by atoms with van der Waals surface area (Å²) >= 11 is 0.343. The van der Waals surface area contributed by atoms with Crippen LogP contribution in [-0.4, -0.2) is 35.6 Å².